The van der Waals surface area contributed by atoms with Crippen molar-refractivity contribution in [2.24, 2.45) is 0 Å². The van der Waals surface area contributed by atoms with Crippen LogP contribution in [0.1, 0.15) is 16.8 Å². The van der Waals surface area contributed by atoms with Gasteiger partial charge in [0.2, 0.25) is 0 Å². The Bertz CT molecular complexity index is 1340. The lowest BCUT2D eigenvalue weighted by Crippen LogP contribution is -2.36. The fourth-order valence-electron chi connectivity index (χ4n) is 4.17. The molecule has 0 saturated carbocycles. The molecule has 1 fully saturated rings. The standard InChI is InChI=1S/C25H20F4N4O/c26-21-6-3-16(13-23-20(25(27,28)29)2-1-7-30-23)12-19(21)24-18-5-4-17(14-22(18)31-15-32-24)33-8-10-34-11-9-33/h1-7,12,14-15H,8-11,13H2. The lowest BCUT2D eigenvalue weighted by molar-refractivity contribution is -0.138. The molecular weight excluding hydrogens is 448 g/mol. The first-order chi connectivity index (χ1) is 16.4. The number of alkyl halides is 3. The van der Waals surface area contributed by atoms with Crippen LogP contribution < -0.4 is 4.90 Å². The first-order valence-corrected chi connectivity index (χ1v) is 10.8. The third kappa shape index (κ3) is 4.43. The lowest BCUT2D eigenvalue weighted by atomic mass is 9.99. The van der Waals surface area contributed by atoms with E-state index in [0.717, 1.165) is 24.8 Å². The molecule has 0 amide bonds. The Morgan fingerprint density at radius 2 is 1.76 bits per heavy atom. The number of morpholine rings is 1. The lowest BCUT2D eigenvalue weighted by Gasteiger charge is -2.29. The van der Waals surface area contributed by atoms with Gasteiger partial charge in [-0.25, -0.2) is 14.4 Å². The zero-order valence-electron chi connectivity index (χ0n) is 18.0. The third-order valence-electron chi connectivity index (χ3n) is 5.85. The number of aromatic nitrogens is 3. The van der Waals surface area contributed by atoms with Crippen LogP contribution in [0, 0.1) is 5.82 Å². The van der Waals surface area contributed by atoms with Crippen LogP contribution in [-0.4, -0.2) is 41.3 Å². The van der Waals surface area contributed by atoms with Gasteiger partial charge in [-0.05, 0) is 48.0 Å². The summed E-state index contributed by atoms with van der Waals surface area (Å²) in [4.78, 5) is 14.8. The highest BCUT2D eigenvalue weighted by Gasteiger charge is 2.33. The van der Waals surface area contributed by atoms with Crippen LogP contribution in [0.25, 0.3) is 22.2 Å². The van der Waals surface area contributed by atoms with Crippen molar-refractivity contribution in [3.63, 3.8) is 0 Å². The van der Waals surface area contributed by atoms with Gasteiger partial charge in [0.05, 0.1) is 35.7 Å². The number of pyridine rings is 1. The average Bonchev–Trinajstić information content (AvgIpc) is 2.85. The molecule has 9 heteroatoms. The summed E-state index contributed by atoms with van der Waals surface area (Å²) in [7, 11) is 0. The summed E-state index contributed by atoms with van der Waals surface area (Å²) in [5, 5.41) is 0.657. The van der Waals surface area contributed by atoms with Crippen molar-refractivity contribution in [3.05, 3.63) is 83.7 Å². The van der Waals surface area contributed by atoms with Crippen LogP contribution in [0.4, 0.5) is 23.2 Å². The molecule has 5 nitrogen and oxygen atoms in total. The van der Waals surface area contributed by atoms with E-state index in [-0.39, 0.29) is 17.7 Å². The van der Waals surface area contributed by atoms with Crippen molar-refractivity contribution in [2.75, 3.05) is 31.2 Å². The fraction of sp³-hybridized carbons (Fsp3) is 0.240. The van der Waals surface area contributed by atoms with Crippen molar-refractivity contribution in [3.8, 4) is 11.3 Å². The van der Waals surface area contributed by atoms with Crippen molar-refractivity contribution < 1.29 is 22.3 Å². The van der Waals surface area contributed by atoms with E-state index in [1.54, 1.807) is 0 Å². The molecular formula is C25H20F4N4O. The normalized spacial score (nSPS) is 14.5. The van der Waals surface area contributed by atoms with Crippen LogP contribution in [-0.2, 0) is 17.3 Å². The number of anilines is 1. The molecule has 3 heterocycles. The minimum Gasteiger partial charge on any atom is -0.378 e. The molecule has 34 heavy (non-hydrogen) atoms. The second kappa shape index (κ2) is 8.98. The summed E-state index contributed by atoms with van der Waals surface area (Å²) < 4.78 is 60.4. The maximum absolute atomic E-state index is 14.9. The molecule has 0 atom stereocenters. The molecule has 2 aromatic carbocycles. The van der Waals surface area contributed by atoms with E-state index in [1.165, 1.54) is 36.8 Å². The van der Waals surface area contributed by atoms with E-state index in [1.807, 2.05) is 18.2 Å². The van der Waals surface area contributed by atoms with Gasteiger partial charge in [0.15, 0.2) is 0 Å². The number of fused-ring (bicyclic) bond motifs is 1. The Kier molecular flexibility index (Phi) is 5.87. The Labute approximate surface area is 193 Å². The molecule has 0 spiro atoms. The van der Waals surface area contributed by atoms with E-state index in [9.17, 15) is 17.6 Å². The molecule has 0 bridgehead atoms. The van der Waals surface area contributed by atoms with E-state index in [2.05, 4.69) is 19.9 Å². The number of nitrogens with zero attached hydrogens (tertiary/aromatic N) is 4. The summed E-state index contributed by atoms with van der Waals surface area (Å²) >= 11 is 0. The van der Waals surface area contributed by atoms with Gasteiger partial charge >= 0.3 is 6.18 Å². The predicted octanol–water partition coefficient (Wildman–Crippen LogP) is 5.28. The van der Waals surface area contributed by atoms with Gasteiger partial charge < -0.3 is 9.64 Å². The number of rotatable bonds is 4. The highest BCUT2D eigenvalue weighted by Crippen LogP contribution is 2.34. The first kappa shape index (κ1) is 22.2. The monoisotopic (exact) mass is 468 g/mol. The highest BCUT2D eigenvalue weighted by molar-refractivity contribution is 5.94. The summed E-state index contributed by atoms with van der Waals surface area (Å²) in [6, 6.07) is 12.2. The maximum Gasteiger partial charge on any atom is 0.418 e. The first-order valence-electron chi connectivity index (χ1n) is 10.8. The van der Waals surface area contributed by atoms with E-state index >= 15 is 0 Å². The largest absolute Gasteiger partial charge is 0.418 e. The predicted molar refractivity (Wildman–Crippen MR) is 120 cm³/mol. The average molecular weight is 468 g/mol. The number of benzene rings is 2. The third-order valence-corrected chi connectivity index (χ3v) is 5.85. The van der Waals surface area contributed by atoms with Gasteiger partial charge in [-0.2, -0.15) is 13.2 Å². The summed E-state index contributed by atoms with van der Waals surface area (Å²) in [6.45, 7) is 2.84. The van der Waals surface area contributed by atoms with Crippen LogP contribution >= 0.6 is 0 Å². The molecule has 1 aliphatic rings. The summed E-state index contributed by atoms with van der Waals surface area (Å²) in [6.07, 6.45) is -1.92. The minimum atomic E-state index is -4.52. The molecule has 174 valence electrons. The second-order valence-corrected chi connectivity index (χ2v) is 8.01. The Balaban J connectivity index is 1.52. The van der Waals surface area contributed by atoms with Gasteiger partial charge in [0.25, 0.3) is 0 Å². The Morgan fingerprint density at radius 3 is 2.56 bits per heavy atom. The Morgan fingerprint density at radius 1 is 0.941 bits per heavy atom. The van der Waals surface area contributed by atoms with Gasteiger partial charge in [-0.1, -0.05) is 6.07 Å². The van der Waals surface area contributed by atoms with Crippen molar-refractivity contribution in [1.82, 2.24) is 15.0 Å². The highest BCUT2D eigenvalue weighted by atomic mass is 19.4. The number of hydrogen-bond acceptors (Lipinski definition) is 5. The molecule has 2 aromatic heterocycles. The Hall–Kier alpha value is -3.59. The van der Waals surface area contributed by atoms with Crippen LogP contribution in [0.5, 0.6) is 0 Å². The quantitative estimate of drug-likeness (QED) is 0.382. The van der Waals surface area contributed by atoms with Gasteiger partial charge in [0, 0.05) is 42.3 Å². The van der Waals surface area contributed by atoms with Crippen molar-refractivity contribution in [1.29, 1.82) is 0 Å². The summed E-state index contributed by atoms with van der Waals surface area (Å²) in [5.41, 5.74) is 1.81. The summed E-state index contributed by atoms with van der Waals surface area (Å²) in [5.74, 6) is -0.516. The fourth-order valence-corrected chi connectivity index (χ4v) is 4.17. The number of ether oxygens (including phenoxy) is 1. The van der Waals surface area contributed by atoms with Crippen molar-refractivity contribution >= 4 is 16.6 Å². The SMILES string of the molecule is Fc1ccc(Cc2ncccc2C(F)(F)F)cc1-c1ncnc2cc(N3CCOCC3)ccc12. The zero-order valence-corrected chi connectivity index (χ0v) is 18.0. The van der Waals surface area contributed by atoms with Crippen LogP contribution in [0.2, 0.25) is 0 Å². The molecule has 0 aliphatic carbocycles. The van der Waals surface area contributed by atoms with Gasteiger partial charge in [-0.15, -0.1) is 0 Å². The zero-order chi connectivity index (χ0) is 23.7. The molecule has 4 aromatic rings. The topological polar surface area (TPSA) is 51.1 Å². The van der Waals surface area contributed by atoms with Gasteiger partial charge in [-0.3, -0.25) is 4.98 Å². The van der Waals surface area contributed by atoms with E-state index in [4.69, 9.17) is 4.74 Å². The second-order valence-electron chi connectivity index (χ2n) is 8.01. The van der Waals surface area contributed by atoms with E-state index in [0.29, 0.717) is 35.4 Å². The minimum absolute atomic E-state index is 0.0901. The molecule has 5 rings (SSSR count). The maximum atomic E-state index is 14.9. The molecule has 0 radical (unpaired) electrons. The molecule has 0 unspecified atom stereocenters. The number of halogens is 4. The van der Waals surface area contributed by atoms with E-state index < -0.39 is 17.6 Å². The number of hydrogen-bond donors (Lipinski definition) is 0. The van der Waals surface area contributed by atoms with Crippen LogP contribution in [0.15, 0.2) is 61.1 Å². The van der Waals surface area contributed by atoms with Crippen molar-refractivity contribution in [2.45, 2.75) is 12.6 Å². The smallest absolute Gasteiger partial charge is 0.378 e. The van der Waals surface area contributed by atoms with Crippen LogP contribution in [0.3, 0.4) is 0 Å². The molecule has 1 aliphatic heterocycles. The molecule has 1 saturated heterocycles. The van der Waals surface area contributed by atoms with Gasteiger partial charge in [0.1, 0.15) is 12.1 Å². The molecule has 0 N–H and O–H groups in total.